The molecule has 0 aromatic heterocycles. The topological polar surface area (TPSA) is 84.0 Å². The fourth-order valence-corrected chi connectivity index (χ4v) is 6.24. The molecule has 7 nitrogen and oxygen atoms in total. The fraction of sp³-hybridized carbons (Fsp3) is 0.364. The van der Waals surface area contributed by atoms with Crippen molar-refractivity contribution in [3.63, 3.8) is 0 Å². The molecule has 1 saturated heterocycles. The zero-order valence-corrected chi connectivity index (χ0v) is 20.7. The predicted molar refractivity (Wildman–Crippen MR) is 125 cm³/mol. The number of carbonyl (C=O) groups is 2. The smallest absolute Gasteiger partial charge is 0.304 e. The van der Waals surface area contributed by atoms with E-state index in [0.717, 1.165) is 19.5 Å². The number of ketones is 1. The van der Waals surface area contributed by atoms with E-state index in [0.29, 0.717) is 18.5 Å². The van der Waals surface area contributed by atoms with Crippen molar-refractivity contribution < 1.29 is 35.9 Å². The van der Waals surface area contributed by atoms with Gasteiger partial charge in [0.1, 0.15) is 0 Å². The summed E-state index contributed by atoms with van der Waals surface area (Å²) in [5.41, 5.74) is 1.27. The number of rotatable bonds is 7. The Morgan fingerprint density at radius 2 is 1.79 bits per heavy atom. The second-order valence-electron chi connectivity index (χ2n) is 8.01. The Morgan fingerprint density at radius 3 is 2.47 bits per heavy atom. The van der Waals surface area contributed by atoms with Crippen LogP contribution in [0.25, 0.3) is 0 Å². The van der Waals surface area contributed by atoms with E-state index in [-0.39, 0.29) is 30.0 Å². The average molecular weight is 604 g/mol. The molecule has 0 saturated carbocycles. The summed E-state index contributed by atoms with van der Waals surface area (Å²) in [5, 5.41) is 0. The van der Waals surface area contributed by atoms with Crippen LogP contribution in [0.2, 0.25) is 0 Å². The highest BCUT2D eigenvalue weighted by Gasteiger charge is 2.41. The lowest BCUT2D eigenvalue weighted by Gasteiger charge is -2.24. The summed E-state index contributed by atoms with van der Waals surface area (Å²) >= 11 is 2.18. The molecule has 0 unspecified atom stereocenters. The van der Waals surface area contributed by atoms with Gasteiger partial charge in [0.15, 0.2) is 0 Å². The van der Waals surface area contributed by atoms with E-state index in [1.807, 2.05) is 24.3 Å². The zero-order valence-electron chi connectivity index (χ0n) is 17.7. The van der Waals surface area contributed by atoms with Gasteiger partial charge < -0.3 is 4.90 Å². The van der Waals surface area contributed by atoms with E-state index in [1.54, 1.807) is 0 Å². The molecule has 2 heterocycles. The molecule has 2 aliphatic heterocycles. The number of sulfonamides is 1. The summed E-state index contributed by atoms with van der Waals surface area (Å²) in [6.45, 7) is -0.523. The number of alkyl halides is 3. The molecule has 1 amide bonds. The molecule has 4 rings (SSSR count). The Kier molecular flexibility index (Phi) is 7.04. The number of anilines is 1. The number of ether oxygens (including phenoxy) is 1. The number of hydrogen-bond donors (Lipinski definition) is 0. The van der Waals surface area contributed by atoms with E-state index in [1.165, 1.54) is 17.0 Å². The van der Waals surface area contributed by atoms with Crippen LogP contribution in [0.5, 0.6) is 0 Å². The van der Waals surface area contributed by atoms with Gasteiger partial charge in [0, 0.05) is 22.7 Å². The highest BCUT2D eigenvalue weighted by Crippen LogP contribution is 2.34. The van der Waals surface area contributed by atoms with Gasteiger partial charge in [0.2, 0.25) is 10.0 Å². The molecule has 182 valence electrons. The van der Waals surface area contributed by atoms with E-state index < -0.39 is 40.7 Å². The highest BCUT2D eigenvalue weighted by atomic mass is 123. The Labute approximate surface area is 208 Å². The van der Waals surface area contributed by atoms with Gasteiger partial charge in [-0.3, -0.25) is 14.3 Å². The standard InChI is InChI=1S/C22H20F3IN2O5S/c23-22(24,25)33-13-16-2-1-10-28(16)34(31,32)17-7-8-19-18(12-17)20(29)21(30)27(19)11-9-14-3-5-15(26)6-4-14/h3-8,12,16H,1-2,9-11,13H2/t16-/m0/s1/i26-4. The van der Waals surface area contributed by atoms with Gasteiger partial charge in [-0.15, -0.1) is 13.2 Å². The molecule has 2 aromatic carbocycles. The highest BCUT2D eigenvalue weighted by molar-refractivity contribution is 14.1. The predicted octanol–water partition coefficient (Wildman–Crippen LogP) is 3.75. The summed E-state index contributed by atoms with van der Waals surface area (Å²) in [5.74, 6) is -1.55. The lowest BCUT2D eigenvalue weighted by atomic mass is 10.1. The van der Waals surface area contributed by atoms with E-state index in [2.05, 4.69) is 27.3 Å². The van der Waals surface area contributed by atoms with E-state index in [9.17, 15) is 31.2 Å². The molecule has 0 bridgehead atoms. The summed E-state index contributed by atoms with van der Waals surface area (Å²) in [4.78, 5) is 26.2. The monoisotopic (exact) mass is 604 g/mol. The molecule has 0 spiro atoms. The number of nitrogens with zero attached hydrogens (tertiary/aromatic N) is 2. The van der Waals surface area contributed by atoms with Crippen molar-refractivity contribution in [2.45, 2.75) is 36.6 Å². The van der Waals surface area contributed by atoms with Crippen LogP contribution in [0, 0.1) is 3.57 Å². The molecule has 0 N–H and O–H groups in total. The maximum atomic E-state index is 13.2. The largest absolute Gasteiger partial charge is 0.522 e. The Morgan fingerprint density at radius 1 is 1.09 bits per heavy atom. The van der Waals surface area contributed by atoms with E-state index >= 15 is 0 Å². The fourth-order valence-electron chi connectivity index (χ4n) is 4.17. The molecular weight excluding hydrogens is 584 g/mol. The van der Waals surface area contributed by atoms with Gasteiger partial charge in [0.25, 0.3) is 11.7 Å². The molecular formula is C22H20F3IN2O5S. The van der Waals surface area contributed by atoms with Gasteiger partial charge in [-0.1, -0.05) is 12.1 Å². The first kappa shape index (κ1) is 25.1. The zero-order chi connectivity index (χ0) is 24.7. The molecule has 2 aromatic rings. The first-order chi connectivity index (χ1) is 16.0. The van der Waals surface area contributed by atoms with Gasteiger partial charge in [0.05, 0.1) is 22.8 Å². The molecule has 34 heavy (non-hydrogen) atoms. The van der Waals surface area contributed by atoms with Crippen LogP contribution < -0.4 is 4.90 Å². The maximum Gasteiger partial charge on any atom is 0.522 e. The Balaban J connectivity index is 1.55. The minimum absolute atomic E-state index is 0.0315. The van der Waals surface area contributed by atoms with Crippen molar-refractivity contribution in [2.75, 3.05) is 24.6 Å². The Bertz CT molecular complexity index is 1220. The molecule has 12 heteroatoms. The number of hydrogen-bond acceptors (Lipinski definition) is 5. The second-order valence-corrected chi connectivity index (χ2v) is 11.1. The maximum absolute atomic E-state index is 13.2. The first-order valence-corrected chi connectivity index (χ1v) is 13.0. The van der Waals surface area contributed by atoms with Crippen LogP contribution in [0.1, 0.15) is 28.8 Å². The van der Waals surface area contributed by atoms with Crippen LogP contribution >= 0.6 is 22.6 Å². The lowest BCUT2D eigenvalue weighted by Crippen LogP contribution is -2.39. The van der Waals surface area contributed by atoms with Crippen LogP contribution in [0.3, 0.4) is 0 Å². The third-order valence-electron chi connectivity index (χ3n) is 5.85. The third-order valence-corrected chi connectivity index (χ3v) is 8.52. The summed E-state index contributed by atoms with van der Waals surface area (Å²) < 4.78 is 69.5. The van der Waals surface area contributed by atoms with Crippen LogP contribution in [0.4, 0.5) is 18.9 Å². The van der Waals surface area contributed by atoms with Gasteiger partial charge in [-0.25, -0.2) is 8.42 Å². The summed E-state index contributed by atoms with van der Waals surface area (Å²) in [6.07, 6.45) is -3.74. The molecule has 0 aliphatic carbocycles. The van der Waals surface area contributed by atoms with Gasteiger partial charge >= 0.3 is 6.36 Å². The summed E-state index contributed by atoms with van der Waals surface area (Å²) in [6, 6.07) is 10.6. The SMILES string of the molecule is O=C1C(=O)N(CCc2ccc([123I])cc2)c2ccc(S(=O)(=O)N3CCC[C@H]3COC(F)(F)F)cc21. The normalized spacial score (nSPS) is 19.2. The molecule has 1 atom stereocenters. The van der Waals surface area contributed by atoms with Gasteiger partial charge in [-0.05, 0) is 77.7 Å². The van der Waals surface area contributed by atoms with Gasteiger partial charge in [-0.2, -0.15) is 4.31 Å². The Hall–Kier alpha value is -2.03. The number of fused-ring (bicyclic) bond motifs is 1. The number of amides is 1. The minimum atomic E-state index is -4.86. The van der Waals surface area contributed by atoms with Crippen molar-refractivity contribution in [2.24, 2.45) is 0 Å². The van der Waals surface area contributed by atoms with E-state index in [4.69, 9.17) is 0 Å². The molecule has 1 fully saturated rings. The van der Waals surface area contributed by atoms with Crippen molar-refractivity contribution in [1.29, 1.82) is 0 Å². The van der Waals surface area contributed by atoms with Crippen molar-refractivity contribution in [3.8, 4) is 0 Å². The molecule has 2 aliphatic rings. The first-order valence-electron chi connectivity index (χ1n) is 10.4. The quantitative estimate of drug-likeness (QED) is 0.355. The molecule has 0 radical (unpaired) electrons. The number of Topliss-reactive ketones (excluding diaryl/α,β-unsaturated/α-hetero) is 1. The van der Waals surface area contributed by atoms with Crippen LogP contribution in [-0.4, -0.2) is 56.5 Å². The van der Waals surface area contributed by atoms with Crippen LogP contribution in [-0.2, 0) is 26.0 Å². The van der Waals surface area contributed by atoms with Crippen molar-refractivity contribution in [1.82, 2.24) is 4.31 Å². The van der Waals surface area contributed by atoms with Crippen LogP contribution in [0.15, 0.2) is 47.4 Å². The lowest BCUT2D eigenvalue weighted by molar-refractivity contribution is -0.327. The number of benzene rings is 2. The summed E-state index contributed by atoms with van der Waals surface area (Å²) in [7, 11) is -4.19. The second kappa shape index (κ2) is 9.55. The third kappa shape index (κ3) is 5.14. The number of carbonyl (C=O) groups excluding carboxylic acids is 2. The van der Waals surface area contributed by atoms with Crippen molar-refractivity contribution >= 4 is 50.0 Å². The number of halogens is 4. The van der Waals surface area contributed by atoms with Crippen molar-refractivity contribution in [3.05, 3.63) is 57.2 Å². The average Bonchev–Trinajstić information content (AvgIpc) is 3.35. The minimum Gasteiger partial charge on any atom is -0.304 e.